The molecule has 0 aliphatic rings. The van der Waals surface area contributed by atoms with E-state index in [9.17, 15) is 9.59 Å². The number of benzene rings is 1. The number of ketones is 1. The fraction of sp³-hybridized carbons (Fsp3) is 0.111. The number of ether oxygens (including phenoxy) is 1. The first-order chi connectivity index (χ1) is 6.56. The number of methoxy groups -OCH3 is 1. The van der Waals surface area contributed by atoms with Crippen LogP contribution in [0.4, 0.5) is 0 Å². The van der Waals surface area contributed by atoms with Gasteiger partial charge in [0.2, 0.25) is 0 Å². The number of carboxylic acid groups (broad SMARTS) is 1. The average Bonchev–Trinajstić information content (AvgIpc) is 2.16. The second-order valence-electron chi connectivity index (χ2n) is 2.48. The molecule has 1 rings (SSSR count). The number of Topliss-reactive ketones (excluding diaryl/α,β-unsaturated/α-hetero) is 1. The molecule has 0 atom stereocenters. The van der Waals surface area contributed by atoms with Gasteiger partial charge < -0.3 is 9.84 Å². The van der Waals surface area contributed by atoms with Crippen molar-refractivity contribution < 1.29 is 19.4 Å². The minimum atomic E-state index is -1.48. The molecule has 0 saturated carbocycles. The summed E-state index contributed by atoms with van der Waals surface area (Å²) in [5.74, 6) is -1.87. The number of hydrogen-bond donors (Lipinski definition) is 1. The van der Waals surface area contributed by atoms with Gasteiger partial charge in [-0.05, 0) is 34.1 Å². The van der Waals surface area contributed by atoms with Crippen LogP contribution in [0.15, 0.2) is 22.7 Å². The monoisotopic (exact) mass is 258 g/mol. The molecule has 74 valence electrons. The number of carbonyl (C=O) groups excluding carboxylic acids is 1. The first-order valence-corrected chi connectivity index (χ1v) is 4.46. The third-order valence-electron chi connectivity index (χ3n) is 1.62. The summed E-state index contributed by atoms with van der Waals surface area (Å²) in [5, 5.41) is 8.48. The summed E-state index contributed by atoms with van der Waals surface area (Å²) < 4.78 is 5.31. The Bertz CT molecular complexity index is 386. The summed E-state index contributed by atoms with van der Waals surface area (Å²) in [6, 6.07) is 4.47. The maximum absolute atomic E-state index is 11.1. The Morgan fingerprint density at radius 1 is 1.43 bits per heavy atom. The first-order valence-electron chi connectivity index (χ1n) is 3.67. The summed E-state index contributed by atoms with van der Waals surface area (Å²) in [4.78, 5) is 21.5. The molecule has 0 amide bonds. The number of hydrogen-bond acceptors (Lipinski definition) is 3. The van der Waals surface area contributed by atoms with Crippen molar-refractivity contribution in [1.82, 2.24) is 0 Å². The van der Waals surface area contributed by atoms with Gasteiger partial charge in [-0.2, -0.15) is 0 Å². The lowest BCUT2D eigenvalue weighted by molar-refractivity contribution is -0.131. The summed E-state index contributed by atoms with van der Waals surface area (Å²) in [5.41, 5.74) is 0.110. The molecule has 14 heavy (non-hydrogen) atoms. The van der Waals surface area contributed by atoms with Crippen LogP contribution in [0.2, 0.25) is 0 Å². The van der Waals surface area contributed by atoms with Crippen LogP contribution in [0.1, 0.15) is 10.4 Å². The third kappa shape index (κ3) is 2.11. The zero-order valence-corrected chi connectivity index (χ0v) is 8.87. The SMILES string of the molecule is COc1ccc(C(=O)C(=O)O)c(Br)c1. The number of aliphatic carboxylic acids is 1. The van der Waals surface area contributed by atoms with Gasteiger partial charge in [0.15, 0.2) is 0 Å². The molecule has 0 spiro atoms. The van der Waals surface area contributed by atoms with Crippen LogP contribution < -0.4 is 4.74 Å². The average molecular weight is 259 g/mol. The van der Waals surface area contributed by atoms with Crippen LogP contribution in [0.25, 0.3) is 0 Å². The molecule has 0 aliphatic carbocycles. The molecular weight excluding hydrogens is 252 g/mol. The van der Waals surface area contributed by atoms with Gasteiger partial charge in [-0.1, -0.05) is 0 Å². The standard InChI is InChI=1S/C9H7BrO4/c1-14-5-2-3-6(7(10)4-5)8(11)9(12)13/h2-4H,1H3,(H,12,13). The highest BCUT2D eigenvalue weighted by Crippen LogP contribution is 2.23. The van der Waals surface area contributed by atoms with Crippen molar-refractivity contribution in [2.24, 2.45) is 0 Å². The van der Waals surface area contributed by atoms with Gasteiger partial charge in [0.25, 0.3) is 5.78 Å². The Kier molecular flexibility index (Phi) is 3.24. The molecule has 0 aliphatic heterocycles. The van der Waals surface area contributed by atoms with Crippen LogP contribution in [-0.4, -0.2) is 24.0 Å². The number of halogens is 1. The molecule has 4 nitrogen and oxygen atoms in total. The van der Waals surface area contributed by atoms with Gasteiger partial charge >= 0.3 is 5.97 Å². The van der Waals surface area contributed by atoms with Crippen LogP contribution in [0.5, 0.6) is 5.75 Å². The quantitative estimate of drug-likeness (QED) is 0.663. The van der Waals surface area contributed by atoms with Crippen molar-refractivity contribution in [3.05, 3.63) is 28.2 Å². The zero-order chi connectivity index (χ0) is 10.7. The predicted molar refractivity (Wildman–Crippen MR) is 52.7 cm³/mol. The van der Waals surface area contributed by atoms with Crippen molar-refractivity contribution in [1.29, 1.82) is 0 Å². The van der Waals surface area contributed by atoms with E-state index in [1.807, 2.05) is 0 Å². The summed E-state index contributed by atoms with van der Waals surface area (Å²) in [7, 11) is 1.49. The Labute approximate surface area is 88.6 Å². The smallest absolute Gasteiger partial charge is 0.377 e. The Morgan fingerprint density at radius 2 is 2.07 bits per heavy atom. The van der Waals surface area contributed by atoms with Crippen molar-refractivity contribution in [2.75, 3.05) is 7.11 Å². The van der Waals surface area contributed by atoms with Crippen molar-refractivity contribution in [3.8, 4) is 5.75 Å². The number of rotatable bonds is 3. The van der Waals surface area contributed by atoms with Crippen LogP contribution in [0, 0.1) is 0 Å². The molecule has 0 aromatic heterocycles. The van der Waals surface area contributed by atoms with Crippen LogP contribution in [0.3, 0.4) is 0 Å². The van der Waals surface area contributed by atoms with Gasteiger partial charge in [-0.3, -0.25) is 4.79 Å². The van der Waals surface area contributed by atoms with Gasteiger partial charge in [-0.15, -0.1) is 0 Å². The van der Waals surface area contributed by atoms with E-state index in [0.29, 0.717) is 10.2 Å². The van der Waals surface area contributed by atoms with E-state index >= 15 is 0 Å². The molecule has 0 radical (unpaired) electrons. The lowest BCUT2D eigenvalue weighted by Gasteiger charge is -2.03. The largest absolute Gasteiger partial charge is 0.497 e. The zero-order valence-electron chi connectivity index (χ0n) is 7.28. The molecule has 0 heterocycles. The number of carboxylic acids is 1. The Hall–Kier alpha value is -1.36. The second kappa shape index (κ2) is 4.23. The maximum Gasteiger partial charge on any atom is 0.377 e. The Balaban J connectivity index is 3.12. The van der Waals surface area contributed by atoms with Gasteiger partial charge in [0, 0.05) is 10.0 Å². The maximum atomic E-state index is 11.1. The highest BCUT2D eigenvalue weighted by Gasteiger charge is 2.17. The van der Waals surface area contributed by atoms with Crippen LogP contribution in [-0.2, 0) is 4.79 Å². The van der Waals surface area contributed by atoms with Gasteiger partial charge in [-0.25, -0.2) is 4.79 Å². The minimum Gasteiger partial charge on any atom is -0.497 e. The molecule has 0 saturated heterocycles. The molecule has 1 N–H and O–H groups in total. The van der Waals surface area contributed by atoms with E-state index in [1.165, 1.54) is 25.3 Å². The van der Waals surface area contributed by atoms with Crippen LogP contribution >= 0.6 is 15.9 Å². The van der Waals surface area contributed by atoms with E-state index < -0.39 is 11.8 Å². The van der Waals surface area contributed by atoms with E-state index in [2.05, 4.69) is 15.9 Å². The highest BCUT2D eigenvalue weighted by molar-refractivity contribution is 9.10. The van der Waals surface area contributed by atoms with Gasteiger partial charge in [0.05, 0.1) is 7.11 Å². The van der Waals surface area contributed by atoms with Gasteiger partial charge in [0.1, 0.15) is 5.75 Å². The fourth-order valence-corrected chi connectivity index (χ4v) is 1.46. The van der Waals surface area contributed by atoms with E-state index in [-0.39, 0.29) is 5.56 Å². The molecule has 1 aromatic carbocycles. The molecule has 0 fully saturated rings. The summed E-state index contributed by atoms with van der Waals surface area (Å²) >= 11 is 3.09. The fourth-order valence-electron chi connectivity index (χ4n) is 0.922. The third-order valence-corrected chi connectivity index (χ3v) is 2.27. The lowest BCUT2D eigenvalue weighted by atomic mass is 10.1. The summed E-state index contributed by atoms with van der Waals surface area (Å²) in [6.07, 6.45) is 0. The second-order valence-corrected chi connectivity index (χ2v) is 3.33. The molecular formula is C9H7BrO4. The molecule has 5 heteroatoms. The van der Waals surface area contributed by atoms with Crippen molar-refractivity contribution in [3.63, 3.8) is 0 Å². The minimum absolute atomic E-state index is 0.110. The van der Waals surface area contributed by atoms with Crippen molar-refractivity contribution in [2.45, 2.75) is 0 Å². The van der Waals surface area contributed by atoms with E-state index in [4.69, 9.17) is 9.84 Å². The Morgan fingerprint density at radius 3 is 2.50 bits per heavy atom. The predicted octanol–water partition coefficient (Wildman–Crippen LogP) is 1.72. The molecule has 0 unspecified atom stereocenters. The molecule has 1 aromatic rings. The van der Waals surface area contributed by atoms with E-state index in [0.717, 1.165) is 0 Å². The summed E-state index contributed by atoms with van der Waals surface area (Å²) in [6.45, 7) is 0. The first kappa shape index (κ1) is 10.7. The van der Waals surface area contributed by atoms with Crippen molar-refractivity contribution >= 4 is 27.7 Å². The normalized spacial score (nSPS) is 9.57. The highest BCUT2D eigenvalue weighted by atomic mass is 79.9. The topological polar surface area (TPSA) is 63.6 Å². The number of carbonyl (C=O) groups is 2. The molecule has 0 bridgehead atoms. The lowest BCUT2D eigenvalue weighted by Crippen LogP contribution is -2.13. The van der Waals surface area contributed by atoms with E-state index in [1.54, 1.807) is 0 Å².